The summed E-state index contributed by atoms with van der Waals surface area (Å²) in [5.41, 5.74) is 1.86. The van der Waals surface area contributed by atoms with Gasteiger partial charge in [-0.2, -0.15) is 0 Å². The van der Waals surface area contributed by atoms with Crippen LogP contribution in [0.2, 0.25) is 0 Å². The summed E-state index contributed by atoms with van der Waals surface area (Å²) >= 11 is 0. The van der Waals surface area contributed by atoms with Gasteiger partial charge in [0, 0.05) is 11.8 Å². The summed E-state index contributed by atoms with van der Waals surface area (Å²) in [7, 11) is 0. The van der Waals surface area contributed by atoms with Gasteiger partial charge >= 0.3 is 5.97 Å². The normalized spacial score (nSPS) is 10.6. The second-order valence-electron chi connectivity index (χ2n) is 4.93. The molecule has 22 heavy (non-hydrogen) atoms. The van der Waals surface area contributed by atoms with E-state index in [1.165, 1.54) is 24.4 Å². The van der Waals surface area contributed by atoms with Gasteiger partial charge in [-0.15, -0.1) is 0 Å². The molecular weight excluding hydrogens is 281 g/mol. The van der Waals surface area contributed by atoms with Crippen molar-refractivity contribution >= 4 is 23.0 Å². The van der Waals surface area contributed by atoms with Crippen molar-refractivity contribution in [3.63, 3.8) is 0 Å². The summed E-state index contributed by atoms with van der Waals surface area (Å²) < 4.78 is 14.3. The van der Waals surface area contributed by atoms with Crippen molar-refractivity contribution in [2.45, 2.75) is 0 Å². The van der Waals surface area contributed by atoms with E-state index in [-0.39, 0.29) is 5.56 Å². The first-order valence-corrected chi connectivity index (χ1v) is 6.66. The first-order valence-electron chi connectivity index (χ1n) is 6.66. The van der Waals surface area contributed by atoms with Gasteiger partial charge in [0.15, 0.2) is 0 Å². The van der Waals surface area contributed by atoms with E-state index in [4.69, 9.17) is 10.5 Å². The van der Waals surface area contributed by atoms with E-state index in [1.807, 2.05) is 0 Å². The Morgan fingerprint density at radius 2 is 1.73 bits per heavy atom. The average Bonchev–Trinajstić information content (AvgIpc) is 2.54. The second kappa shape index (κ2) is 5.41. The number of halogens is 1. The number of hydrogen-bond donors (Lipinski definition) is 2. The molecule has 0 radical (unpaired) electrons. The maximum Gasteiger partial charge on any atom is 0.335 e. The van der Waals surface area contributed by atoms with E-state index in [2.05, 4.69) is 0 Å². The molecule has 0 amide bonds. The molecule has 0 fully saturated rings. The largest absolute Gasteiger partial charge is 0.478 e. The molecule has 0 spiro atoms. The molecule has 0 saturated carbocycles. The second-order valence-corrected chi connectivity index (χ2v) is 4.93. The molecule has 0 unspecified atom stereocenters. The standard InChI is InChI=1S/C18H12FNO2/c19-16-8-7-12-5-6-14(18(21)22)9-15(12)17(16)13-3-1-11(10-20)2-4-13/h1-10,20H,(H,21,22). The van der Waals surface area contributed by atoms with Crippen LogP contribution in [0.3, 0.4) is 0 Å². The molecule has 0 aliphatic carbocycles. The number of carboxylic acid groups (broad SMARTS) is 1. The molecule has 4 heteroatoms. The molecule has 3 aromatic carbocycles. The van der Waals surface area contributed by atoms with Gasteiger partial charge in [0.2, 0.25) is 0 Å². The molecular formula is C18H12FNO2. The predicted octanol–water partition coefficient (Wildman–Crippen LogP) is 4.34. The quantitative estimate of drug-likeness (QED) is 0.705. The number of carbonyl (C=O) groups is 1. The summed E-state index contributed by atoms with van der Waals surface area (Å²) in [6.07, 6.45) is 1.21. The van der Waals surface area contributed by atoms with Crippen LogP contribution in [0, 0.1) is 11.2 Å². The summed E-state index contributed by atoms with van der Waals surface area (Å²) in [6, 6.07) is 14.6. The zero-order chi connectivity index (χ0) is 15.7. The molecule has 108 valence electrons. The number of hydrogen-bond acceptors (Lipinski definition) is 2. The maximum atomic E-state index is 14.3. The number of carboxylic acids is 1. The summed E-state index contributed by atoms with van der Waals surface area (Å²) in [5, 5.41) is 17.7. The van der Waals surface area contributed by atoms with Crippen molar-refractivity contribution in [2.75, 3.05) is 0 Å². The molecule has 0 aliphatic rings. The van der Waals surface area contributed by atoms with Crippen LogP contribution in [0.5, 0.6) is 0 Å². The van der Waals surface area contributed by atoms with Crippen LogP contribution >= 0.6 is 0 Å². The van der Waals surface area contributed by atoms with Gasteiger partial charge in [-0.1, -0.05) is 36.4 Å². The van der Waals surface area contributed by atoms with Gasteiger partial charge < -0.3 is 10.5 Å². The molecule has 0 aliphatic heterocycles. The lowest BCUT2D eigenvalue weighted by atomic mass is 9.95. The molecule has 3 aromatic rings. The van der Waals surface area contributed by atoms with Crippen LogP contribution in [0.15, 0.2) is 54.6 Å². The van der Waals surface area contributed by atoms with Gasteiger partial charge in [0.1, 0.15) is 5.82 Å². The molecule has 0 bridgehead atoms. The van der Waals surface area contributed by atoms with Crippen LogP contribution in [-0.4, -0.2) is 17.3 Å². The Labute approximate surface area is 126 Å². The Hall–Kier alpha value is -3.01. The highest BCUT2D eigenvalue weighted by molar-refractivity contribution is 6.01. The lowest BCUT2D eigenvalue weighted by Gasteiger charge is -2.10. The lowest BCUT2D eigenvalue weighted by Crippen LogP contribution is -1.96. The highest BCUT2D eigenvalue weighted by Crippen LogP contribution is 2.32. The molecule has 0 atom stereocenters. The molecule has 0 heterocycles. The van der Waals surface area contributed by atoms with Gasteiger partial charge in [-0.3, -0.25) is 0 Å². The van der Waals surface area contributed by atoms with E-state index in [0.717, 1.165) is 10.9 Å². The SMILES string of the molecule is N=Cc1ccc(-c2c(F)ccc3ccc(C(=O)O)cc23)cc1. The minimum Gasteiger partial charge on any atom is -0.478 e. The first-order chi connectivity index (χ1) is 10.6. The molecule has 2 N–H and O–H groups in total. The summed E-state index contributed by atoms with van der Waals surface area (Å²) in [4.78, 5) is 11.1. The van der Waals surface area contributed by atoms with Gasteiger partial charge in [-0.05, 0) is 40.1 Å². The highest BCUT2D eigenvalue weighted by atomic mass is 19.1. The number of benzene rings is 3. The van der Waals surface area contributed by atoms with E-state index in [1.54, 1.807) is 36.4 Å². The fourth-order valence-electron chi connectivity index (χ4n) is 2.47. The zero-order valence-corrected chi connectivity index (χ0v) is 11.5. The van der Waals surface area contributed by atoms with Gasteiger partial charge in [-0.25, -0.2) is 9.18 Å². The molecule has 0 saturated heterocycles. The van der Waals surface area contributed by atoms with Gasteiger partial charge in [0.05, 0.1) is 5.56 Å². The third kappa shape index (κ3) is 2.35. The minimum atomic E-state index is -1.05. The lowest BCUT2D eigenvalue weighted by molar-refractivity contribution is 0.0697. The summed E-state index contributed by atoms with van der Waals surface area (Å²) in [6.45, 7) is 0. The molecule has 3 nitrogen and oxygen atoms in total. The summed E-state index contributed by atoms with van der Waals surface area (Å²) in [5.74, 6) is -1.45. The van der Waals surface area contributed by atoms with Crippen molar-refractivity contribution in [3.8, 4) is 11.1 Å². The smallest absolute Gasteiger partial charge is 0.335 e. The van der Waals surface area contributed by atoms with Crippen molar-refractivity contribution < 1.29 is 14.3 Å². The van der Waals surface area contributed by atoms with E-state index in [0.29, 0.717) is 16.5 Å². The van der Waals surface area contributed by atoms with Crippen LogP contribution in [0.1, 0.15) is 15.9 Å². The Morgan fingerprint density at radius 1 is 1.05 bits per heavy atom. The third-order valence-electron chi connectivity index (χ3n) is 3.58. The number of rotatable bonds is 3. The zero-order valence-electron chi connectivity index (χ0n) is 11.5. The molecule has 3 rings (SSSR count). The van der Waals surface area contributed by atoms with Crippen molar-refractivity contribution in [1.82, 2.24) is 0 Å². The fourth-order valence-corrected chi connectivity index (χ4v) is 2.47. The maximum absolute atomic E-state index is 14.3. The Morgan fingerprint density at radius 3 is 2.36 bits per heavy atom. The van der Waals surface area contributed by atoms with Crippen molar-refractivity contribution in [3.05, 3.63) is 71.5 Å². The van der Waals surface area contributed by atoms with Crippen LogP contribution in [0.25, 0.3) is 21.9 Å². The topological polar surface area (TPSA) is 61.2 Å². The first kappa shape index (κ1) is 13.9. The monoisotopic (exact) mass is 293 g/mol. The van der Waals surface area contributed by atoms with E-state index in [9.17, 15) is 9.18 Å². The number of aromatic carboxylic acids is 1. The molecule has 0 aromatic heterocycles. The predicted molar refractivity (Wildman–Crippen MR) is 84.2 cm³/mol. The Bertz CT molecular complexity index is 885. The highest BCUT2D eigenvalue weighted by Gasteiger charge is 2.12. The Kier molecular flexibility index (Phi) is 3.43. The van der Waals surface area contributed by atoms with E-state index < -0.39 is 11.8 Å². The van der Waals surface area contributed by atoms with Crippen LogP contribution in [-0.2, 0) is 0 Å². The third-order valence-corrected chi connectivity index (χ3v) is 3.58. The minimum absolute atomic E-state index is 0.121. The van der Waals surface area contributed by atoms with E-state index >= 15 is 0 Å². The van der Waals surface area contributed by atoms with Crippen molar-refractivity contribution in [2.24, 2.45) is 0 Å². The Balaban J connectivity index is 2.29. The number of nitrogens with one attached hydrogen (secondary N) is 1. The number of fused-ring (bicyclic) bond motifs is 1. The van der Waals surface area contributed by atoms with Crippen LogP contribution < -0.4 is 0 Å². The van der Waals surface area contributed by atoms with Gasteiger partial charge in [0.25, 0.3) is 0 Å². The van der Waals surface area contributed by atoms with Crippen molar-refractivity contribution in [1.29, 1.82) is 5.41 Å². The van der Waals surface area contributed by atoms with Crippen LogP contribution in [0.4, 0.5) is 4.39 Å². The fraction of sp³-hybridized carbons (Fsp3) is 0. The average molecular weight is 293 g/mol.